The van der Waals surface area contributed by atoms with Crippen molar-refractivity contribution in [1.82, 2.24) is 4.90 Å². The summed E-state index contributed by atoms with van der Waals surface area (Å²) in [4.78, 5) is 26.5. The lowest BCUT2D eigenvalue weighted by Gasteiger charge is -2.17. The topological polar surface area (TPSA) is 77.1 Å². The first-order valence-corrected chi connectivity index (χ1v) is 9.68. The minimum absolute atomic E-state index is 0.0267. The maximum absolute atomic E-state index is 12.7. The van der Waals surface area contributed by atoms with Crippen molar-refractivity contribution < 1.29 is 23.8 Å². The van der Waals surface area contributed by atoms with Gasteiger partial charge in [-0.1, -0.05) is 12.1 Å². The van der Waals surface area contributed by atoms with Crippen LogP contribution in [0.5, 0.6) is 17.2 Å². The number of methoxy groups -OCH3 is 1. The maximum Gasteiger partial charge on any atom is 0.229 e. The van der Waals surface area contributed by atoms with Gasteiger partial charge in [0.1, 0.15) is 11.5 Å². The Balaban J connectivity index is 1.64. The van der Waals surface area contributed by atoms with Gasteiger partial charge in [0.25, 0.3) is 0 Å². The number of amides is 2. The molecule has 29 heavy (non-hydrogen) atoms. The molecule has 2 aromatic carbocycles. The highest BCUT2D eigenvalue weighted by Crippen LogP contribution is 2.31. The second kappa shape index (κ2) is 9.93. The Morgan fingerprint density at radius 1 is 1.14 bits per heavy atom. The second-order valence-electron chi connectivity index (χ2n) is 6.73. The summed E-state index contributed by atoms with van der Waals surface area (Å²) in [5, 5.41) is 2.90. The van der Waals surface area contributed by atoms with Crippen molar-refractivity contribution in [3.05, 3.63) is 48.5 Å². The second-order valence-corrected chi connectivity index (χ2v) is 6.73. The van der Waals surface area contributed by atoms with Gasteiger partial charge in [-0.2, -0.15) is 0 Å². The summed E-state index contributed by atoms with van der Waals surface area (Å²) in [5.41, 5.74) is 0.564. The summed E-state index contributed by atoms with van der Waals surface area (Å²) in [6.45, 7) is 3.88. The largest absolute Gasteiger partial charge is 0.494 e. The molecule has 0 unspecified atom stereocenters. The number of nitrogens with zero attached hydrogens (tertiary/aromatic N) is 1. The van der Waals surface area contributed by atoms with E-state index in [2.05, 4.69) is 5.32 Å². The van der Waals surface area contributed by atoms with Gasteiger partial charge in [-0.3, -0.25) is 9.59 Å². The van der Waals surface area contributed by atoms with Crippen LogP contribution in [0.3, 0.4) is 0 Å². The lowest BCUT2D eigenvalue weighted by molar-refractivity contribution is -0.128. The van der Waals surface area contributed by atoms with E-state index in [1.807, 2.05) is 43.3 Å². The molecule has 154 valence electrons. The lowest BCUT2D eigenvalue weighted by atomic mass is 10.1. The number of ether oxygens (including phenoxy) is 3. The minimum Gasteiger partial charge on any atom is -0.494 e. The molecule has 1 aliphatic heterocycles. The van der Waals surface area contributed by atoms with E-state index in [1.165, 1.54) is 0 Å². The molecule has 2 amide bonds. The van der Waals surface area contributed by atoms with Crippen LogP contribution in [-0.4, -0.2) is 50.1 Å². The maximum atomic E-state index is 12.7. The van der Waals surface area contributed by atoms with E-state index >= 15 is 0 Å². The molecule has 1 N–H and O–H groups in total. The number of hydrogen-bond donors (Lipinski definition) is 1. The van der Waals surface area contributed by atoms with Crippen molar-refractivity contribution >= 4 is 17.5 Å². The zero-order valence-electron chi connectivity index (χ0n) is 16.7. The van der Waals surface area contributed by atoms with Gasteiger partial charge in [-0.15, -0.1) is 0 Å². The fraction of sp³-hybridized carbons (Fsp3) is 0.364. The third kappa shape index (κ3) is 5.48. The first-order chi connectivity index (χ1) is 14.1. The first kappa shape index (κ1) is 20.7. The average Bonchev–Trinajstić information content (AvgIpc) is 3.10. The van der Waals surface area contributed by atoms with Crippen molar-refractivity contribution in [1.29, 1.82) is 0 Å². The molecule has 0 bridgehead atoms. The van der Waals surface area contributed by atoms with Gasteiger partial charge in [0.2, 0.25) is 11.8 Å². The van der Waals surface area contributed by atoms with Gasteiger partial charge < -0.3 is 24.4 Å². The van der Waals surface area contributed by atoms with Crippen molar-refractivity contribution in [2.75, 3.05) is 38.7 Å². The number of rotatable bonds is 9. The third-order valence-electron chi connectivity index (χ3n) is 4.66. The van der Waals surface area contributed by atoms with Gasteiger partial charge in [0.05, 0.1) is 24.8 Å². The summed E-state index contributed by atoms with van der Waals surface area (Å²) in [7, 11) is 1.59. The number of hydrogen-bond acceptors (Lipinski definition) is 5. The predicted octanol–water partition coefficient (Wildman–Crippen LogP) is 3.31. The van der Waals surface area contributed by atoms with Crippen LogP contribution in [0.15, 0.2) is 48.5 Å². The minimum atomic E-state index is -0.391. The molecule has 1 fully saturated rings. The third-order valence-corrected chi connectivity index (χ3v) is 4.66. The number of para-hydroxylation sites is 2. The molecule has 1 atom stereocenters. The number of likely N-dealkylation sites (tertiary alicyclic amines) is 1. The van der Waals surface area contributed by atoms with Crippen LogP contribution in [0.4, 0.5) is 5.69 Å². The Bertz CT molecular complexity index is 837. The highest BCUT2D eigenvalue weighted by Gasteiger charge is 2.34. The Labute approximate surface area is 170 Å². The van der Waals surface area contributed by atoms with E-state index in [4.69, 9.17) is 14.2 Å². The van der Waals surface area contributed by atoms with Crippen molar-refractivity contribution in [2.24, 2.45) is 5.92 Å². The molecule has 0 spiro atoms. The van der Waals surface area contributed by atoms with Crippen molar-refractivity contribution in [2.45, 2.75) is 13.3 Å². The van der Waals surface area contributed by atoms with Gasteiger partial charge >= 0.3 is 0 Å². The highest BCUT2D eigenvalue weighted by molar-refractivity contribution is 5.98. The molecule has 7 nitrogen and oxygen atoms in total. The van der Waals surface area contributed by atoms with E-state index in [0.717, 1.165) is 5.75 Å². The predicted molar refractivity (Wildman–Crippen MR) is 109 cm³/mol. The normalized spacial score (nSPS) is 16.0. The highest BCUT2D eigenvalue weighted by atomic mass is 16.5. The number of anilines is 1. The van der Waals surface area contributed by atoms with Crippen LogP contribution in [0, 0.1) is 5.92 Å². The molecule has 2 aromatic rings. The summed E-state index contributed by atoms with van der Waals surface area (Å²) in [6.07, 6.45) is 0.206. The van der Waals surface area contributed by atoms with Crippen LogP contribution >= 0.6 is 0 Å². The molecule has 1 saturated heterocycles. The fourth-order valence-electron chi connectivity index (χ4n) is 3.16. The molecule has 1 heterocycles. The van der Waals surface area contributed by atoms with E-state index in [9.17, 15) is 9.59 Å². The monoisotopic (exact) mass is 398 g/mol. The molecule has 1 aliphatic rings. The molecule has 3 rings (SSSR count). The number of carbonyl (C=O) groups is 2. The molecular formula is C22H26N2O5. The molecule has 0 aromatic heterocycles. The number of carbonyl (C=O) groups excluding carboxylic acids is 2. The van der Waals surface area contributed by atoms with Gasteiger partial charge in [-0.05, 0) is 43.3 Å². The van der Waals surface area contributed by atoms with Crippen molar-refractivity contribution in [3.8, 4) is 17.2 Å². The average molecular weight is 398 g/mol. The smallest absolute Gasteiger partial charge is 0.229 e. The van der Waals surface area contributed by atoms with E-state index in [-0.39, 0.29) is 18.2 Å². The summed E-state index contributed by atoms with van der Waals surface area (Å²) in [5.74, 6) is 1.33. The Morgan fingerprint density at radius 3 is 2.59 bits per heavy atom. The Morgan fingerprint density at radius 2 is 1.86 bits per heavy atom. The molecule has 0 radical (unpaired) electrons. The summed E-state index contributed by atoms with van der Waals surface area (Å²) in [6, 6.07) is 14.5. The molecular weight excluding hydrogens is 372 g/mol. The molecule has 0 saturated carbocycles. The quantitative estimate of drug-likeness (QED) is 0.701. The van der Waals surface area contributed by atoms with Crippen molar-refractivity contribution in [3.63, 3.8) is 0 Å². The summed E-state index contributed by atoms with van der Waals surface area (Å²) >= 11 is 0. The summed E-state index contributed by atoms with van der Waals surface area (Å²) < 4.78 is 16.4. The van der Waals surface area contributed by atoms with Crippen LogP contribution in [-0.2, 0) is 14.3 Å². The van der Waals surface area contributed by atoms with E-state index in [0.29, 0.717) is 43.5 Å². The van der Waals surface area contributed by atoms with Crippen LogP contribution < -0.4 is 14.8 Å². The van der Waals surface area contributed by atoms with Crippen LogP contribution in [0.2, 0.25) is 0 Å². The SMILES string of the molecule is CCOc1ccc(Oc2ccccc2NC(=O)[C@H]2CC(=O)N(CCOC)C2)cc1. The standard InChI is InChI=1S/C22H26N2O5/c1-3-28-17-8-10-18(11-9-17)29-20-7-5-4-6-19(20)23-22(26)16-14-21(25)24(15-16)12-13-27-2/h4-11,16H,3,12-15H2,1-2H3,(H,23,26)/t16-/m0/s1. The Hall–Kier alpha value is -3.06. The Kier molecular flexibility index (Phi) is 7.08. The number of benzene rings is 2. The van der Waals surface area contributed by atoms with E-state index in [1.54, 1.807) is 24.1 Å². The zero-order chi connectivity index (χ0) is 20.6. The van der Waals surface area contributed by atoms with Gasteiger partial charge in [0.15, 0.2) is 5.75 Å². The lowest BCUT2D eigenvalue weighted by Crippen LogP contribution is -2.30. The number of nitrogens with one attached hydrogen (secondary N) is 1. The van der Waals surface area contributed by atoms with Crippen LogP contribution in [0.1, 0.15) is 13.3 Å². The molecule has 0 aliphatic carbocycles. The zero-order valence-corrected chi connectivity index (χ0v) is 16.7. The van der Waals surface area contributed by atoms with E-state index < -0.39 is 5.92 Å². The fourth-order valence-corrected chi connectivity index (χ4v) is 3.16. The molecule has 7 heteroatoms. The van der Waals surface area contributed by atoms with Gasteiger partial charge in [0, 0.05) is 26.6 Å². The first-order valence-electron chi connectivity index (χ1n) is 9.68. The van der Waals surface area contributed by atoms with Gasteiger partial charge in [-0.25, -0.2) is 0 Å². The van der Waals surface area contributed by atoms with Crippen LogP contribution in [0.25, 0.3) is 0 Å².